The molecule has 2 aromatic rings. The number of hydrogen-bond acceptors (Lipinski definition) is 6. The van der Waals surface area contributed by atoms with Crippen LogP contribution in [0.3, 0.4) is 0 Å². The molecule has 1 aliphatic heterocycles. The van der Waals surface area contributed by atoms with Crippen LogP contribution in [0.5, 0.6) is 11.5 Å². The zero-order valence-electron chi connectivity index (χ0n) is 16.9. The summed E-state index contributed by atoms with van der Waals surface area (Å²) < 4.78 is 0. The molecule has 0 aliphatic carbocycles. The summed E-state index contributed by atoms with van der Waals surface area (Å²) in [5.41, 5.74) is 2.79. The molecular weight excluding hydrogens is 366 g/mol. The lowest BCUT2D eigenvalue weighted by Crippen LogP contribution is -2.42. The van der Waals surface area contributed by atoms with Crippen molar-refractivity contribution in [3.05, 3.63) is 53.1 Å². The maximum atomic E-state index is 10.3. The Labute approximate surface area is 171 Å². The zero-order chi connectivity index (χ0) is 21.0. The van der Waals surface area contributed by atoms with Crippen molar-refractivity contribution < 1.29 is 10.2 Å². The van der Waals surface area contributed by atoms with E-state index in [9.17, 15) is 10.2 Å². The molecule has 0 radical (unpaired) electrons. The van der Waals surface area contributed by atoms with Crippen molar-refractivity contribution >= 4 is 17.9 Å². The molecular formula is C22H29N5O2. The van der Waals surface area contributed by atoms with Crippen LogP contribution in [0.4, 0.5) is 5.69 Å². The number of amidine groups is 1. The lowest BCUT2D eigenvalue weighted by molar-refractivity contribution is 0.233. The summed E-state index contributed by atoms with van der Waals surface area (Å²) in [6.45, 7) is 8.81. The Hall–Kier alpha value is -2.90. The van der Waals surface area contributed by atoms with Crippen LogP contribution in [0.2, 0.25) is 0 Å². The summed E-state index contributed by atoms with van der Waals surface area (Å²) in [5.74, 6) is -0.152. The van der Waals surface area contributed by atoms with Crippen molar-refractivity contribution in [3.63, 3.8) is 0 Å². The van der Waals surface area contributed by atoms with Gasteiger partial charge < -0.3 is 15.5 Å². The Morgan fingerprint density at radius 2 is 1.79 bits per heavy atom. The molecule has 1 saturated heterocycles. The first-order valence-corrected chi connectivity index (χ1v) is 9.87. The van der Waals surface area contributed by atoms with E-state index in [0.29, 0.717) is 11.3 Å². The molecule has 29 heavy (non-hydrogen) atoms. The molecule has 7 nitrogen and oxygen atoms in total. The van der Waals surface area contributed by atoms with Crippen molar-refractivity contribution in [2.45, 2.75) is 26.3 Å². The molecule has 154 valence electrons. The highest BCUT2D eigenvalue weighted by molar-refractivity contribution is 6.18. The summed E-state index contributed by atoms with van der Waals surface area (Å²) in [4.78, 5) is 3.80. The smallest absolute Gasteiger partial charge is 0.141 e. The third kappa shape index (κ3) is 4.75. The summed E-state index contributed by atoms with van der Waals surface area (Å²) in [6.07, 6.45) is 1.06. The summed E-state index contributed by atoms with van der Waals surface area (Å²) in [6, 6.07) is 10.7. The average Bonchev–Trinajstić information content (AvgIpc) is 2.70. The fourth-order valence-electron chi connectivity index (χ4n) is 3.53. The number of rotatable bonds is 6. The minimum absolute atomic E-state index is 0.00715. The van der Waals surface area contributed by atoms with Crippen LogP contribution >= 0.6 is 0 Å². The van der Waals surface area contributed by atoms with Crippen LogP contribution in [-0.2, 0) is 6.54 Å². The molecule has 3 rings (SSSR count). The third-order valence-electron chi connectivity index (χ3n) is 5.22. The van der Waals surface area contributed by atoms with Crippen LogP contribution in [0.1, 0.15) is 36.5 Å². The predicted octanol–water partition coefficient (Wildman–Crippen LogP) is 3.07. The number of piperazine rings is 1. The van der Waals surface area contributed by atoms with Crippen molar-refractivity contribution in [2.75, 3.05) is 31.1 Å². The first-order valence-electron chi connectivity index (χ1n) is 9.87. The van der Waals surface area contributed by atoms with E-state index in [1.165, 1.54) is 16.5 Å². The average molecular weight is 396 g/mol. The molecule has 0 saturated carbocycles. The van der Waals surface area contributed by atoms with Gasteiger partial charge in [-0.25, -0.2) is 0 Å². The molecule has 0 bridgehead atoms. The molecule has 1 heterocycles. The van der Waals surface area contributed by atoms with Crippen LogP contribution in [0.15, 0.2) is 36.4 Å². The van der Waals surface area contributed by atoms with Gasteiger partial charge >= 0.3 is 0 Å². The van der Waals surface area contributed by atoms with Crippen molar-refractivity contribution in [2.24, 2.45) is 0 Å². The zero-order valence-corrected chi connectivity index (χ0v) is 16.9. The Kier molecular flexibility index (Phi) is 6.51. The Balaban J connectivity index is 1.81. The van der Waals surface area contributed by atoms with Gasteiger partial charge in [-0.05, 0) is 35.2 Å². The number of phenols is 2. The van der Waals surface area contributed by atoms with Gasteiger partial charge in [0, 0.05) is 44.5 Å². The molecule has 2 aromatic carbocycles. The SMILES string of the molecule is CC(C)c1cc(C(=N)N(C=N)c2ccc(CN3CCNCC3)cc2)c(O)cc1O. The Bertz CT molecular complexity index is 874. The molecule has 0 unspecified atom stereocenters. The van der Waals surface area contributed by atoms with Crippen LogP contribution in [0, 0.1) is 10.8 Å². The Morgan fingerprint density at radius 3 is 2.38 bits per heavy atom. The van der Waals surface area contributed by atoms with Gasteiger partial charge in [-0.3, -0.25) is 20.6 Å². The van der Waals surface area contributed by atoms with Gasteiger partial charge in [0.15, 0.2) is 0 Å². The maximum Gasteiger partial charge on any atom is 0.141 e. The van der Waals surface area contributed by atoms with E-state index < -0.39 is 0 Å². The number of hydrogen-bond donors (Lipinski definition) is 5. The monoisotopic (exact) mass is 395 g/mol. The van der Waals surface area contributed by atoms with Gasteiger partial charge in [-0.1, -0.05) is 26.0 Å². The van der Waals surface area contributed by atoms with Crippen molar-refractivity contribution in [1.82, 2.24) is 10.2 Å². The summed E-state index contributed by atoms with van der Waals surface area (Å²) in [5, 5.41) is 40.0. The van der Waals surface area contributed by atoms with E-state index in [4.69, 9.17) is 10.8 Å². The van der Waals surface area contributed by atoms with Crippen LogP contribution < -0.4 is 10.2 Å². The van der Waals surface area contributed by atoms with Crippen LogP contribution in [-0.4, -0.2) is 53.5 Å². The number of aromatic hydroxyl groups is 2. The van der Waals surface area contributed by atoms with Gasteiger partial charge in [0.25, 0.3) is 0 Å². The normalized spacial score (nSPS) is 14.7. The molecule has 1 aliphatic rings. The molecule has 0 atom stereocenters. The van der Waals surface area contributed by atoms with Gasteiger partial charge in [-0.15, -0.1) is 0 Å². The standard InChI is InChI=1S/C22H29N5O2/c1-15(2)18-11-19(21(29)12-20(18)28)22(24)27(14-23)17-5-3-16(4-6-17)13-26-9-7-25-8-10-26/h3-6,11-12,14-15,23-25,28-29H,7-10,13H2,1-2H3. The number of phenolic OH excluding ortho intramolecular Hbond substituents is 2. The molecule has 0 spiro atoms. The predicted molar refractivity (Wildman–Crippen MR) is 117 cm³/mol. The quantitative estimate of drug-likeness (QED) is 0.382. The fraction of sp³-hybridized carbons (Fsp3) is 0.364. The largest absolute Gasteiger partial charge is 0.508 e. The number of nitrogens with one attached hydrogen (secondary N) is 3. The third-order valence-corrected chi connectivity index (χ3v) is 5.22. The van der Waals surface area contributed by atoms with Gasteiger partial charge in [0.2, 0.25) is 0 Å². The first kappa shape index (κ1) is 20.8. The molecule has 0 aromatic heterocycles. The van der Waals surface area contributed by atoms with Crippen LogP contribution in [0.25, 0.3) is 0 Å². The fourth-order valence-corrected chi connectivity index (χ4v) is 3.53. The van der Waals surface area contributed by atoms with E-state index >= 15 is 0 Å². The van der Waals surface area contributed by atoms with Gasteiger partial charge in [-0.2, -0.15) is 0 Å². The van der Waals surface area contributed by atoms with Gasteiger partial charge in [0.05, 0.1) is 11.9 Å². The number of benzene rings is 2. The second-order valence-corrected chi connectivity index (χ2v) is 7.62. The van der Waals surface area contributed by atoms with Crippen molar-refractivity contribution in [3.8, 4) is 11.5 Å². The van der Waals surface area contributed by atoms with E-state index in [-0.39, 0.29) is 28.8 Å². The molecule has 1 fully saturated rings. The topological polar surface area (TPSA) is 107 Å². The highest BCUT2D eigenvalue weighted by Crippen LogP contribution is 2.33. The number of anilines is 1. The molecule has 5 N–H and O–H groups in total. The second-order valence-electron chi connectivity index (χ2n) is 7.62. The van der Waals surface area contributed by atoms with E-state index in [1.54, 1.807) is 6.07 Å². The molecule has 0 amide bonds. The van der Waals surface area contributed by atoms with Crippen molar-refractivity contribution in [1.29, 1.82) is 10.8 Å². The highest BCUT2D eigenvalue weighted by atomic mass is 16.3. The lowest BCUT2D eigenvalue weighted by Gasteiger charge is -2.27. The van der Waals surface area contributed by atoms with E-state index in [1.807, 2.05) is 38.1 Å². The minimum Gasteiger partial charge on any atom is -0.508 e. The van der Waals surface area contributed by atoms with Gasteiger partial charge in [0.1, 0.15) is 17.3 Å². The minimum atomic E-state index is -0.181. The van der Waals surface area contributed by atoms with E-state index in [0.717, 1.165) is 39.1 Å². The second kappa shape index (κ2) is 9.07. The highest BCUT2D eigenvalue weighted by Gasteiger charge is 2.19. The van der Waals surface area contributed by atoms with E-state index in [2.05, 4.69) is 10.2 Å². The first-order chi connectivity index (χ1) is 13.9. The number of nitrogens with zero attached hydrogens (tertiary/aromatic N) is 2. The summed E-state index contributed by atoms with van der Waals surface area (Å²) >= 11 is 0. The Morgan fingerprint density at radius 1 is 1.14 bits per heavy atom. The maximum absolute atomic E-state index is 10.3. The molecule has 7 heteroatoms. The summed E-state index contributed by atoms with van der Waals surface area (Å²) in [7, 11) is 0. The lowest BCUT2D eigenvalue weighted by atomic mass is 9.98.